The molecule has 8 heteroatoms. The first kappa shape index (κ1) is 19.6. The van der Waals surface area contributed by atoms with Crippen molar-refractivity contribution in [3.63, 3.8) is 0 Å². The Morgan fingerprint density at radius 2 is 1.27 bits per heavy atom. The van der Waals surface area contributed by atoms with Crippen LogP contribution in [0.2, 0.25) is 0 Å². The fourth-order valence-corrected chi connectivity index (χ4v) is 3.04. The molecule has 0 heterocycles. The van der Waals surface area contributed by atoms with E-state index in [0.29, 0.717) is 11.1 Å². The fourth-order valence-electron chi connectivity index (χ4n) is 2.13. The molecule has 0 radical (unpaired) electrons. The molecule has 2 aromatic rings. The van der Waals surface area contributed by atoms with Crippen molar-refractivity contribution in [1.29, 1.82) is 0 Å². The lowest BCUT2D eigenvalue weighted by Gasteiger charge is -2.11. The van der Waals surface area contributed by atoms with Crippen molar-refractivity contribution in [2.24, 2.45) is 0 Å². The summed E-state index contributed by atoms with van der Waals surface area (Å²) in [7, 11) is -0.634. The maximum atomic E-state index is 12.1. The van der Waals surface area contributed by atoms with Gasteiger partial charge in [0, 0.05) is 38.3 Å². The molecule has 0 saturated carbocycles. The van der Waals surface area contributed by atoms with Crippen LogP contribution < -0.4 is 10.6 Å². The Morgan fingerprint density at radius 3 is 1.73 bits per heavy atom. The third-order valence-electron chi connectivity index (χ3n) is 3.63. The summed E-state index contributed by atoms with van der Waals surface area (Å²) in [6, 6.07) is 14.5. The second kappa shape index (κ2) is 8.59. The molecule has 0 aliphatic heterocycles. The molecule has 2 N–H and O–H groups in total. The monoisotopic (exact) mass is 375 g/mol. The van der Waals surface area contributed by atoms with E-state index in [0.717, 1.165) is 4.31 Å². The van der Waals surface area contributed by atoms with Gasteiger partial charge in [0.2, 0.25) is 10.0 Å². The van der Waals surface area contributed by atoms with Gasteiger partial charge in [-0.1, -0.05) is 18.2 Å². The lowest BCUT2D eigenvalue weighted by Crippen LogP contribution is -2.34. The van der Waals surface area contributed by atoms with Crippen molar-refractivity contribution in [3.05, 3.63) is 65.7 Å². The number of carbonyl (C=O) groups is 2. The fraction of sp³-hybridized carbons (Fsp3) is 0.222. The molecule has 0 atom stereocenters. The third kappa shape index (κ3) is 4.90. The van der Waals surface area contributed by atoms with Gasteiger partial charge in [-0.2, -0.15) is 0 Å². The second-order valence-electron chi connectivity index (χ2n) is 5.69. The molecule has 0 aliphatic carbocycles. The van der Waals surface area contributed by atoms with Crippen LogP contribution in [0.15, 0.2) is 59.5 Å². The molecule has 0 fully saturated rings. The van der Waals surface area contributed by atoms with E-state index in [-0.39, 0.29) is 29.8 Å². The minimum atomic E-state index is -3.52. The number of amides is 2. The van der Waals surface area contributed by atoms with E-state index < -0.39 is 10.0 Å². The first-order valence-corrected chi connectivity index (χ1v) is 9.40. The van der Waals surface area contributed by atoms with Gasteiger partial charge in [-0.3, -0.25) is 9.59 Å². The van der Waals surface area contributed by atoms with Gasteiger partial charge in [0.05, 0.1) is 4.90 Å². The van der Waals surface area contributed by atoms with E-state index in [2.05, 4.69) is 10.6 Å². The maximum Gasteiger partial charge on any atom is 0.251 e. The van der Waals surface area contributed by atoms with Gasteiger partial charge in [0.1, 0.15) is 0 Å². The van der Waals surface area contributed by atoms with Crippen molar-refractivity contribution in [2.75, 3.05) is 27.2 Å². The summed E-state index contributed by atoms with van der Waals surface area (Å²) in [6.45, 7) is 0.543. The van der Waals surface area contributed by atoms with Crippen LogP contribution in [0.1, 0.15) is 20.7 Å². The van der Waals surface area contributed by atoms with Gasteiger partial charge in [-0.05, 0) is 36.4 Å². The van der Waals surface area contributed by atoms with E-state index in [4.69, 9.17) is 0 Å². The highest BCUT2D eigenvalue weighted by molar-refractivity contribution is 7.89. The van der Waals surface area contributed by atoms with Crippen LogP contribution in [-0.4, -0.2) is 51.7 Å². The average Bonchev–Trinajstić information content (AvgIpc) is 2.65. The molecule has 0 aliphatic rings. The highest BCUT2D eigenvalue weighted by Gasteiger charge is 2.17. The maximum absolute atomic E-state index is 12.1. The van der Waals surface area contributed by atoms with Crippen molar-refractivity contribution in [2.45, 2.75) is 4.90 Å². The zero-order chi connectivity index (χ0) is 19.2. The number of hydrogen-bond donors (Lipinski definition) is 2. The van der Waals surface area contributed by atoms with Gasteiger partial charge in [-0.25, -0.2) is 12.7 Å². The van der Waals surface area contributed by atoms with Gasteiger partial charge in [0.15, 0.2) is 0 Å². The number of carbonyl (C=O) groups excluding carboxylic acids is 2. The molecule has 138 valence electrons. The Labute approximate surface area is 153 Å². The van der Waals surface area contributed by atoms with E-state index in [1.807, 2.05) is 6.07 Å². The minimum Gasteiger partial charge on any atom is -0.350 e. The Balaban J connectivity index is 1.84. The molecule has 2 rings (SSSR count). The standard InChI is InChI=1S/C18H21N3O4S/c1-21(2)26(24,25)16-10-8-15(9-11-16)18(23)20-13-12-19-17(22)14-6-4-3-5-7-14/h3-11H,12-13H2,1-2H3,(H,19,22)(H,20,23). The van der Waals surface area contributed by atoms with E-state index in [9.17, 15) is 18.0 Å². The van der Waals surface area contributed by atoms with Crippen LogP contribution in [0.5, 0.6) is 0 Å². The van der Waals surface area contributed by atoms with E-state index >= 15 is 0 Å². The predicted octanol–water partition coefficient (Wildman–Crippen LogP) is 1.10. The van der Waals surface area contributed by atoms with E-state index in [1.54, 1.807) is 24.3 Å². The smallest absolute Gasteiger partial charge is 0.251 e. The number of hydrogen-bond acceptors (Lipinski definition) is 4. The van der Waals surface area contributed by atoms with Crippen LogP contribution in [0, 0.1) is 0 Å². The van der Waals surface area contributed by atoms with Gasteiger partial charge >= 0.3 is 0 Å². The van der Waals surface area contributed by atoms with Crippen molar-refractivity contribution >= 4 is 21.8 Å². The molecule has 7 nitrogen and oxygen atoms in total. The summed E-state index contributed by atoms with van der Waals surface area (Å²) in [5, 5.41) is 5.38. The summed E-state index contributed by atoms with van der Waals surface area (Å²) in [5.41, 5.74) is 0.897. The molecule has 2 amide bonds. The molecular formula is C18H21N3O4S. The van der Waals surface area contributed by atoms with Gasteiger partial charge < -0.3 is 10.6 Å². The summed E-state index contributed by atoms with van der Waals surface area (Å²) >= 11 is 0. The lowest BCUT2D eigenvalue weighted by atomic mass is 10.2. The molecule has 0 saturated heterocycles. The Hall–Kier alpha value is -2.71. The summed E-state index contributed by atoms with van der Waals surface area (Å²) < 4.78 is 25.1. The number of rotatable bonds is 7. The summed E-state index contributed by atoms with van der Waals surface area (Å²) in [6.07, 6.45) is 0. The topological polar surface area (TPSA) is 95.6 Å². The number of sulfonamides is 1. The third-order valence-corrected chi connectivity index (χ3v) is 5.46. The quantitative estimate of drug-likeness (QED) is 0.709. The molecule has 0 spiro atoms. The van der Waals surface area contributed by atoms with Crippen molar-refractivity contribution < 1.29 is 18.0 Å². The van der Waals surface area contributed by atoms with E-state index in [1.165, 1.54) is 38.4 Å². The van der Waals surface area contributed by atoms with Crippen LogP contribution in [0.3, 0.4) is 0 Å². The molecule has 0 bridgehead atoms. The zero-order valence-electron chi connectivity index (χ0n) is 14.6. The largest absolute Gasteiger partial charge is 0.350 e. The van der Waals surface area contributed by atoms with Crippen LogP contribution in [0.25, 0.3) is 0 Å². The highest BCUT2D eigenvalue weighted by atomic mass is 32.2. The highest BCUT2D eigenvalue weighted by Crippen LogP contribution is 2.13. The molecule has 2 aromatic carbocycles. The second-order valence-corrected chi connectivity index (χ2v) is 7.84. The first-order chi connectivity index (χ1) is 12.3. The van der Waals surface area contributed by atoms with Crippen molar-refractivity contribution in [3.8, 4) is 0 Å². The van der Waals surface area contributed by atoms with Crippen LogP contribution in [0.4, 0.5) is 0 Å². The van der Waals surface area contributed by atoms with Gasteiger partial charge in [-0.15, -0.1) is 0 Å². The molecule has 26 heavy (non-hydrogen) atoms. The predicted molar refractivity (Wildman–Crippen MR) is 98.4 cm³/mol. The molecular weight excluding hydrogens is 354 g/mol. The first-order valence-electron chi connectivity index (χ1n) is 7.96. The minimum absolute atomic E-state index is 0.120. The average molecular weight is 375 g/mol. The van der Waals surface area contributed by atoms with Crippen LogP contribution in [-0.2, 0) is 10.0 Å². The Bertz CT molecular complexity index is 863. The van der Waals surface area contributed by atoms with Crippen LogP contribution >= 0.6 is 0 Å². The summed E-state index contributed by atoms with van der Waals surface area (Å²) in [4.78, 5) is 24.1. The Morgan fingerprint density at radius 1 is 0.808 bits per heavy atom. The van der Waals surface area contributed by atoms with Gasteiger partial charge in [0.25, 0.3) is 11.8 Å². The number of nitrogens with zero attached hydrogens (tertiary/aromatic N) is 1. The molecule has 0 unspecified atom stereocenters. The molecule has 0 aromatic heterocycles. The summed E-state index contributed by atoms with van der Waals surface area (Å²) in [5.74, 6) is -0.550. The number of nitrogens with one attached hydrogen (secondary N) is 2. The van der Waals surface area contributed by atoms with Crippen molar-refractivity contribution in [1.82, 2.24) is 14.9 Å². The normalized spacial score (nSPS) is 11.2. The zero-order valence-corrected chi connectivity index (χ0v) is 15.4. The lowest BCUT2D eigenvalue weighted by molar-refractivity contribution is 0.0927. The SMILES string of the molecule is CN(C)S(=O)(=O)c1ccc(C(=O)NCCNC(=O)c2ccccc2)cc1. The number of benzene rings is 2. The Kier molecular flexibility index (Phi) is 6.48.